The Labute approximate surface area is 106 Å². The molecule has 0 aliphatic carbocycles. The quantitative estimate of drug-likeness (QED) is 0.759. The van der Waals surface area contributed by atoms with Crippen molar-refractivity contribution in [1.82, 2.24) is 0 Å². The summed E-state index contributed by atoms with van der Waals surface area (Å²) in [6.07, 6.45) is 0.209. The molecule has 1 rings (SSSR count). The third-order valence-electron chi connectivity index (χ3n) is 2.36. The largest absolute Gasteiger partial charge is 0.478 e. The van der Waals surface area contributed by atoms with Crippen LogP contribution < -0.4 is 5.32 Å². The molecule has 1 aromatic rings. The standard InChI is InChI=1S/C13H17NO4/c1-3-18-7-6-12(15)14-11-5-4-9(2)8-10(11)13(16)17/h4-5,8H,3,6-7H2,1-2H3,(H,14,15)(H,16,17). The highest BCUT2D eigenvalue weighted by Gasteiger charge is 2.12. The second-order valence-electron chi connectivity index (χ2n) is 3.85. The maximum atomic E-state index is 11.6. The third-order valence-corrected chi connectivity index (χ3v) is 2.36. The molecule has 5 heteroatoms. The summed E-state index contributed by atoms with van der Waals surface area (Å²) in [5.41, 5.74) is 1.24. The van der Waals surface area contributed by atoms with Gasteiger partial charge in [0.15, 0.2) is 0 Å². The number of hydrogen-bond donors (Lipinski definition) is 2. The summed E-state index contributed by atoms with van der Waals surface area (Å²) in [7, 11) is 0. The zero-order chi connectivity index (χ0) is 13.5. The molecule has 0 aromatic heterocycles. The first-order chi connectivity index (χ1) is 8.54. The number of hydrogen-bond acceptors (Lipinski definition) is 3. The first-order valence-corrected chi connectivity index (χ1v) is 5.76. The molecule has 5 nitrogen and oxygen atoms in total. The number of carbonyl (C=O) groups is 2. The lowest BCUT2D eigenvalue weighted by atomic mass is 10.1. The summed E-state index contributed by atoms with van der Waals surface area (Å²) in [6.45, 7) is 4.53. The van der Waals surface area contributed by atoms with E-state index in [0.717, 1.165) is 5.56 Å². The minimum Gasteiger partial charge on any atom is -0.478 e. The van der Waals surface area contributed by atoms with Crippen molar-refractivity contribution in [3.8, 4) is 0 Å². The van der Waals surface area contributed by atoms with Crippen LogP contribution in [0.5, 0.6) is 0 Å². The molecule has 0 bridgehead atoms. The van der Waals surface area contributed by atoms with E-state index < -0.39 is 5.97 Å². The third kappa shape index (κ3) is 4.18. The average molecular weight is 251 g/mol. The van der Waals surface area contributed by atoms with Crippen LogP contribution in [0.4, 0.5) is 5.69 Å². The molecule has 0 unspecified atom stereocenters. The van der Waals surface area contributed by atoms with Crippen molar-refractivity contribution < 1.29 is 19.4 Å². The number of carbonyl (C=O) groups excluding carboxylic acids is 1. The maximum Gasteiger partial charge on any atom is 0.337 e. The summed E-state index contributed by atoms with van der Waals surface area (Å²) in [4.78, 5) is 22.6. The van der Waals surface area contributed by atoms with E-state index in [1.807, 2.05) is 6.92 Å². The molecular formula is C13H17NO4. The van der Waals surface area contributed by atoms with Crippen molar-refractivity contribution in [3.05, 3.63) is 29.3 Å². The van der Waals surface area contributed by atoms with Gasteiger partial charge in [0.05, 0.1) is 24.3 Å². The van der Waals surface area contributed by atoms with Gasteiger partial charge in [-0.25, -0.2) is 4.79 Å². The van der Waals surface area contributed by atoms with E-state index >= 15 is 0 Å². The van der Waals surface area contributed by atoms with Gasteiger partial charge in [-0.05, 0) is 26.0 Å². The summed E-state index contributed by atoms with van der Waals surface area (Å²) in [6, 6.07) is 4.88. The zero-order valence-corrected chi connectivity index (χ0v) is 10.5. The van der Waals surface area contributed by atoms with Crippen molar-refractivity contribution >= 4 is 17.6 Å². The molecule has 0 heterocycles. The molecule has 0 spiro atoms. The number of aromatic carboxylic acids is 1. The number of amides is 1. The van der Waals surface area contributed by atoms with E-state index in [0.29, 0.717) is 18.9 Å². The fraction of sp³-hybridized carbons (Fsp3) is 0.385. The second-order valence-corrected chi connectivity index (χ2v) is 3.85. The molecule has 2 N–H and O–H groups in total. The van der Waals surface area contributed by atoms with Gasteiger partial charge < -0.3 is 15.2 Å². The van der Waals surface area contributed by atoms with E-state index in [9.17, 15) is 9.59 Å². The van der Waals surface area contributed by atoms with Crippen molar-refractivity contribution in [2.75, 3.05) is 18.5 Å². The lowest BCUT2D eigenvalue weighted by Gasteiger charge is -2.09. The van der Waals surface area contributed by atoms with Gasteiger partial charge >= 0.3 is 5.97 Å². The molecule has 0 saturated carbocycles. The average Bonchev–Trinajstić information content (AvgIpc) is 2.31. The molecule has 0 atom stereocenters. The van der Waals surface area contributed by atoms with Gasteiger partial charge in [0.1, 0.15) is 0 Å². The van der Waals surface area contributed by atoms with Crippen LogP contribution in [0.3, 0.4) is 0 Å². The van der Waals surface area contributed by atoms with Gasteiger partial charge in [-0.2, -0.15) is 0 Å². The zero-order valence-electron chi connectivity index (χ0n) is 10.5. The van der Waals surface area contributed by atoms with Crippen molar-refractivity contribution in [2.24, 2.45) is 0 Å². The van der Waals surface area contributed by atoms with Gasteiger partial charge in [-0.15, -0.1) is 0 Å². The van der Waals surface area contributed by atoms with Gasteiger partial charge in [-0.3, -0.25) is 4.79 Å². The van der Waals surface area contributed by atoms with E-state index in [1.165, 1.54) is 6.07 Å². The predicted octanol–water partition coefficient (Wildman–Crippen LogP) is 2.06. The van der Waals surface area contributed by atoms with E-state index in [1.54, 1.807) is 19.1 Å². The highest BCUT2D eigenvalue weighted by Crippen LogP contribution is 2.17. The molecular weight excluding hydrogens is 234 g/mol. The van der Waals surface area contributed by atoms with Crippen LogP contribution in [0.25, 0.3) is 0 Å². The van der Waals surface area contributed by atoms with Gasteiger partial charge in [0.25, 0.3) is 0 Å². The number of nitrogens with one attached hydrogen (secondary N) is 1. The Bertz CT molecular complexity index is 443. The van der Waals surface area contributed by atoms with Crippen LogP contribution >= 0.6 is 0 Å². The van der Waals surface area contributed by atoms with E-state index in [4.69, 9.17) is 9.84 Å². The van der Waals surface area contributed by atoms with Crippen LogP contribution in [0, 0.1) is 6.92 Å². The summed E-state index contributed by atoms with van der Waals surface area (Å²) < 4.78 is 5.06. The monoisotopic (exact) mass is 251 g/mol. The minimum atomic E-state index is -1.06. The Kier molecular flexibility index (Phi) is 5.32. The topological polar surface area (TPSA) is 75.6 Å². The number of rotatable bonds is 6. The van der Waals surface area contributed by atoms with Gasteiger partial charge in [-0.1, -0.05) is 11.6 Å². The van der Waals surface area contributed by atoms with Crippen molar-refractivity contribution in [3.63, 3.8) is 0 Å². The van der Waals surface area contributed by atoms with Crippen LogP contribution in [0.15, 0.2) is 18.2 Å². The number of aryl methyl sites for hydroxylation is 1. The number of anilines is 1. The SMILES string of the molecule is CCOCCC(=O)Nc1ccc(C)cc1C(=O)O. The lowest BCUT2D eigenvalue weighted by Crippen LogP contribution is -2.16. The summed E-state index contributed by atoms with van der Waals surface area (Å²) in [5, 5.41) is 11.6. The number of carboxylic acid groups (broad SMARTS) is 1. The highest BCUT2D eigenvalue weighted by atomic mass is 16.5. The number of carboxylic acids is 1. The van der Waals surface area contributed by atoms with Crippen molar-refractivity contribution in [1.29, 1.82) is 0 Å². The molecule has 1 aromatic carbocycles. The second kappa shape index (κ2) is 6.76. The van der Waals surface area contributed by atoms with E-state index in [-0.39, 0.29) is 17.9 Å². The van der Waals surface area contributed by atoms with Crippen molar-refractivity contribution in [2.45, 2.75) is 20.3 Å². The molecule has 18 heavy (non-hydrogen) atoms. The Balaban J connectivity index is 2.72. The van der Waals surface area contributed by atoms with Crippen LogP contribution in [0.1, 0.15) is 29.3 Å². The molecule has 0 radical (unpaired) electrons. The van der Waals surface area contributed by atoms with E-state index in [2.05, 4.69) is 5.32 Å². The minimum absolute atomic E-state index is 0.0970. The fourth-order valence-corrected chi connectivity index (χ4v) is 1.47. The Morgan fingerprint density at radius 2 is 2.11 bits per heavy atom. The van der Waals surface area contributed by atoms with Crippen LogP contribution in [-0.2, 0) is 9.53 Å². The first kappa shape index (κ1) is 14.2. The lowest BCUT2D eigenvalue weighted by molar-refractivity contribution is -0.117. The normalized spacial score (nSPS) is 10.1. The highest BCUT2D eigenvalue weighted by molar-refractivity contribution is 6.00. The number of ether oxygens (including phenoxy) is 1. The maximum absolute atomic E-state index is 11.6. The fourth-order valence-electron chi connectivity index (χ4n) is 1.47. The number of benzene rings is 1. The molecule has 98 valence electrons. The molecule has 0 saturated heterocycles. The van der Waals surface area contributed by atoms with Gasteiger partial charge in [0.2, 0.25) is 5.91 Å². The van der Waals surface area contributed by atoms with Crippen LogP contribution in [0.2, 0.25) is 0 Å². The Morgan fingerprint density at radius 3 is 2.72 bits per heavy atom. The predicted molar refractivity (Wildman–Crippen MR) is 67.9 cm³/mol. The molecule has 0 fully saturated rings. The molecule has 1 amide bonds. The summed E-state index contributed by atoms with van der Waals surface area (Å²) >= 11 is 0. The van der Waals surface area contributed by atoms with Crippen LogP contribution in [-0.4, -0.2) is 30.2 Å². The molecule has 0 aliphatic heterocycles. The summed E-state index contributed by atoms with van der Waals surface area (Å²) in [5.74, 6) is -1.31. The van der Waals surface area contributed by atoms with Gasteiger partial charge in [0, 0.05) is 6.61 Å². The Hall–Kier alpha value is -1.88. The Morgan fingerprint density at radius 1 is 1.39 bits per heavy atom. The molecule has 0 aliphatic rings. The first-order valence-electron chi connectivity index (χ1n) is 5.76. The smallest absolute Gasteiger partial charge is 0.337 e.